The summed E-state index contributed by atoms with van der Waals surface area (Å²) in [5.41, 5.74) is 2.93. The van der Waals surface area contributed by atoms with Gasteiger partial charge in [0, 0.05) is 5.56 Å². The smallest absolute Gasteiger partial charge is 0.201 e. The van der Waals surface area contributed by atoms with Gasteiger partial charge in [0.2, 0.25) is 5.82 Å². The monoisotopic (exact) mass is 450 g/mol. The van der Waals surface area contributed by atoms with E-state index in [9.17, 15) is 13.2 Å². The molecule has 33 heavy (non-hydrogen) atoms. The van der Waals surface area contributed by atoms with E-state index in [0.29, 0.717) is 16.9 Å². The van der Waals surface area contributed by atoms with Gasteiger partial charge in [-0.2, -0.15) is 4.39 Å². The summed E-state index contributed by atoms with van der Waals surface area (Å²) in [5, 5.41) is 0. The van der Waals surface area contributed by atoms with Crippen LogP contribution in [0.4, 0.5) is 13.2 Å². The van der Waals surface area contributed by atoms with E-state index in [4.69, 9.17) is 14.2 Å². The van der Waals surface area contributed by atoms with Crippen LogP contribution in [0.1, 0.15) is 5.56 Å². The highest BCUT2D eigenvalue weighted by Gasteiger charge is 2.16. The van der Waals surface area contributed by atoms with Crippen molar-refractivity contribution in [2.75, 3.05) is 14.2 Å². The maximum absolute atomic E-state index is 14.7. The lowest BCUT2D eigenvalue weighted by atomic mass is 10.0. The maximum Gasteiger partial charge on any atom is 0.201 e. The number of methoxy groups -OCH3 is 2. The molecule has 0 aliphatic carbocycles. The second-order valence-corrected chi connectivity index (χ2v) is 7.30. The molecule has 4 aromatic carbocycles. The van der Waals surface area contributed by atoms with Crippen molar-refractivity contribution in [2.24, 2.45) is 0 Å². The largest absolute Gasteiger partial charge is 0.497 e. The second-order valence-electron chi connectivity index (χ2n) is 7.30. The molecule has 4 aromatic rings. The normalized spacial score (nSPS) is 10.7. The van der Waals surface area contributed by atoms with E-state index in [2.05, 4.69) is 0 Å². The minimum absolute atomic E-state index is 0.0511. The third kappa shape index (κ3) is 4.80. The first kappa shape index (κ1) is 22.3. The Labute approximate surface area is 190 Å². The number of hydrogen-bond acceptors (Lipinski definition) is 3. The van der Waals surface area contributed by atoms with Gasteiger partial charge in [-0.15, -0.1) is 0 Å². The van der Waals surface area contributed by atoms with Crippen LogP contribution in [0.3, 0.4) is 0 Å². The topological polar surface area (TPSA) is 27.7 Å². The number of halogens is 3. The van der Waals surface area contributed by atoms with Crippen molar-refractivity contribution in [3.63, 3.8) is 0 Å². The molecule has 3 nitrogen and oxygen atoms in total. The molecule has 0 saturated heterocycles. The predicted molar refractivity (Wildman–Crippen MR) is 121 cm³/mol. The number of ether oxygens (including phenoxy) is 3. The SMILES string of the molecule is COc1ccc(-c2ccc(OCc3ccc(-c4ccc(OC)c(F)c4)cc3)c(F)c2F)cc1. The highest BCUT2D eigenvalue weighted by molar-refractivity contribution is 5.66. The van der Waals surface area contributed by atoms with Crippen molar-refractivity contribution in [3.8, 4) is 39.5 Å². The Morgan fingerprint density at radius 2 is 1.24 bits per heavy atom. The Morgan fingerprint density at radius 3 is 1.88 bits per heavy atom. The summed E-state index contributed by atoms with van der Waals surface area (Å²) in [6, 6.07) is 21.5. The molecule has 0 aliphatic rings. The standard InChI is InChI=1S/C27H21F3O3/c1-31-21-10-7-19(8-11-21)22-12-14-25(27(30)26(22)29)33-16-17-3-5-18(6-4-17)20-9-13-24(32-2)23(28)15-20/h3-15H,16H2,1-2H3. The molecule has 4 rings (SSSR count). The summed E-state index contributed by atoms with van der Waals surface area (Å²) < 4.78 is 58.8. The first-order valence-corrected chi connectivity index (χ1v) is 10.2. The Morgan fingerprint density at radius 1 is 0.606 bits per heavy atom. The van der Waals surface area contributed by atoms with Crippen LogP contribution >= 0.6 is 0 Å². The van der Waals surface area contributed by atoms with Crippen LogP contribution in [0.2, 0.25) is 0 Å². The number of rotatable bonds is 7. The van der Waals surface area contributed by atoms with Gasteiger partial charge in [-0.25, -0.2) is 8.78 Å². The quantitative estimate of drug-likeness (QED) is 0.302. The van der Waals surface area contributed by atoms with E-state index < -0.39 is 17.5 Å². The first-order chi connectivity index (χ1) is 16.0. The van der Waals surface area contributed by atoms with Gasteiger partial charge in [0.1, 0.15) is 12.4 Å². The van der Waals surface area contributed by atoms with Crippen LogP contribution in [0.5, 0.6) is 17.2 Å². The molecule has 0 aromatic heterocycles. The van der Waals surface area contributed by atoms with Crippen molar-refractivity contribution < 1.29 is 27.4 Å². The average Bonchev–Trinajstić information content (AvgIpc) is 2.85. The van der Waals surface area contributed by atoms with Crippen LogP contribution < -0.4 is 14.2 Å². The molecule has 0 spiro atoms. The van der Waals surface area contributed by atoms with Crippen molar-refractivity contribution in [3.05, 3.63) is 102 Å². The molecule has 0 unspecified atom stereocenters. The zero-order chi connectivity index (χ0) is 23.4. The predicted octanol–water partition coefficient (Wildman–Crippen LogP) is 7.03. The molecule has 0 aliphatic heterocycles. The Kier molecular flexibility index (Phi) is 6.54. The molecule has 0 atom stereocenters. The molecule has 0 amide bonds. The zero-order valence-corrected chi connectivity index (χ0v) is 18.1. The van der Waals surface area contributed by atoms with Gasteiger partial charge in [-0.3, -0.25) is 0 Å². The molecule has 0 N–H and O–H groups in total. The van der Waals surface area contributed by atoms with Crippen LogP contribution in [-0.2, 0) is 6.61 Å². The molecule has 0 saturated carbocycles. The fraction of sp³-hybridized carbons (Fsp3) is 0.111. The number of benzene rings is 4. The molecule has 0 heterocycles. The molecule has 0 fully saturated rings. The van der Waals surface area contributed by atoms with Gasteiger partial charge >= 0.3 is 0 Å². The average molecular weight is 450 g/mol. The lowest BCUT2D eigenvalue weighted by molar-refractivity contribution is 0.285. The van der Waals surface area contributed by atoms with Gasteiger partial charge in [0.05, 0.1) is 14.2 Å². The van der Waals surface area contributed by atoms with Crippen LogP contribution in [0, 0.1) is 17.5 Å². The summed E-state index contributed by atoms with van der Waals surface area (Å²) in [5.74, 6) is -1.84. The van der Waals surface area contributed by atoms with E-state index in [0.717, 1.165) is 11.1 Å². The van der Waals surface area contributed by atoms with Crippen molar-refractivity contribution in [1.82, 2.24) is 0 Å². The fourth-order valence-electron chi connectivity index (χ4n) is 3.44. The molecule has 0 radical (unpaired) electrons. The van der Waals surface area contributed by atoms with E-state index >= 15 is 0 Å². The van der Waals surface area contributed by atoms with E-state index in [1.807, 2.05) is 12.1 Å². The van der Waals surface area contributed by atoms with Crippen molar-refractivity contribution >= 4 is 0 Å². The van der Waals surface area contributed by atoms with Gasteiger partial charge < -0.3 is 14.2 Å². The Bertz CT molecular complexity index is 1250. The number of hydrogen-bond donors (Lipinski definition) is 0. The Balaban J connectivity index is 1.46. The fourth-order valence-corrected chi connectivity index (χ4v) is 3.44. The lowest BCUT2D eigenvalue weighted by Crippen LogP contribution is -2.00. The van der Waals surface area contributed by atoms with Gasteiger partial charge in [-0.05, 0) is 58.7 Å². The summed E-state index contributed by atoms with van der Waals surface area (Å²) in [7, 11) is 2.95. The van der Waals surface area contributed by atoms with Crippen molar-refractivity contribution in [1.29, 1.82) is 0 Å². The Hall–Kier alpha value is -3.93. The molecule has 6 heteroatoms. The second kappa shape index (κ2) is 9.69. The zero-order valence-electron chi connectivity index (χ0n) is 18.1. The molecule has 0 bridgehead atoms. The minimum atomic E-state index is -1.05. The highest BCUT2D eigenvalue weighted by atomic mass is 19.2. The van der Waals surface area contributed by atoms with Gasteiger partial charge in [0.25, 0.3) is 0 Å². The summed E-state index contributed by atoms with van der Waals surface area (Å²) in [6.07, 6.45) is 0. The van der Waals surface area contributed by atoms with Gasteiger partial charge in [0.15, 0.2) is 23.1 Å². The van der Waals surface area contributed by atoms with Crippen molar-refractivity contribution in [2.45, 2.75) is 6.61 Å². The maximum atomic E-state index is 14.7. The van der Waals surface area contributed by atoms with E-state index in [-0.39, 0.29) is 23.7 Å². The van der Waals surface area contributed by atoms with E-state index in [1.54, 1.807) is 48.5 Å². The van der Waals surface area contributed by atoms with Crippen LogP contribution in [0.25, 0.3) is 22.3 Å². The lowest BCUT2D eigenvalue weighted by Gasteiger charge is -2.11. The molecular formula is C27H21F3O3. The van der Waals surface area contributed by atoms with Gasteiger partial charge in [-0.1, -0.05) is 42.5 Å². The van der Waals surface area contributed by atoms with Crippen LogP contribution in [0.15, 0.2) is 78.9 Å². The summed E-state index contributed by atoms with van der Waals surface area (Å²) in [4.78, 5) is 0. The highest BCUT2D eigenvalue weighted by Crippen LogP contribution is 2.31. The third-order valence-electron chi connectivity index (χ3n) is 5.28. The van der Waals surface area contributed by atoms with E-state index in [1.165, 1.54) is 32.4 Å². The summed E-state index contributed by atoms with van der Waals surface area (Å²) in [6.45, 7) is 0.0511. The molecular weight excluding hydrogens is 429 g/mol. The summed E-state index contributed by atoms with van der Waals surface area (Å²) >= 11 is 0. The third-order valence-corrected chi connectivity index (χ3v) is 5.28. The molecule has 168 valence electrons. The first-order valence-electron chi connectivity index (χ1n) is 10.2. The van der Waals surface area contributed by atoms with Crippen LogP contribution in [-0.4, -0.2) is 14.2 Å². The minimum Gasteiger partial charge on any atom is -0.497 e.